The number of aliphatic hydroxyl groups excluding tert-OH is 1. The van der Waals surface area contributed by atoms with E-state index in [1.54, 1.807) is 25.5 Å². The van der Waals surface area contributed by atoms with Crippen LogP contribution in [0.3, 0.4) is 0 Å². The van der Waals surface area contributed by atoms with Crippen LogP contribution in [-0.4, -0.2) is 22.5 Å². The molecule has 0 saturated heterocycles. The van der Waals surface area contributed by atoms with Gasteiger partial charge in [0.15, 0.2) is 0 Å². The number of ether oxygens (including phenoxy) is 1. The topological polar surface area (TPSA) is 75.3 Å². The number of aliphatic hydroxyl groups is 1. The Morgan fingerprint density at radius 1 is 1.10 bits per heavy atom. The van der Waals surface area contributed by atoms with Crippen LogP contribution in [-0.2, 0) is 13.0 Å². The maximum absolute atomic E-state index is 12.9. The molecule has 0 aliphatic carbocycles. The van der Waals surface area contributed by atoms with E-state index in [-0.39, 0.29) is 17.0 Å². The average molecular weight is 405 g/mol. The van der Waals surface area contributed by atoms with E-state index >= 15 is 0 Å². The summed E-state index contributed by atoms with van der Waals surface area (Å²) in [6.07, 6.45) is 0.739. The van der Waals surface area contributed by atoms with Gasteiger partial charge in [0.05, 0.1) is 18.4 Å². The van der Waals surface area contributed by atoms with Gasteiger partial charge in [-0.3, -0.25) is 4.79 Å². The third-order valence-electron chi connectivity index (χ3n) is 5.34. The number of allylic oxidation sites excluding steroid dienone is 2. The van der Waals surface area contributed by atoms with E-state index in [0.717, 1.165) is 17.3 Å². The van der Waals surface area contributed by atoms with Crippen molar-refractivity contribution in [2.24, 2.45) is 0 Å². The molecule has 0 spiro atoms. The highest BCUT2D eigenvalue weighted by atomic mass is 16.5. The molecule has 156 valence electrons. The van der Waals surface area contributed by atoms with Crippen LogP contribution in [0.15, 0.2) is 53.0 Å². The van der Waals surface area contributed by atoms with Crippen molar-refractivity contribution >= 4 is 22.2 Å². The van der Waals surface area contributed by atoms with Gasteiger partial charge in [-0.25, -0.2) is 0 Å². The molecule has 5 nitrogen and oxygen atoms in total. The van der Waals surface area contributed by atoms with E-state index in [1.165, 1.54) is 11.1 Å². The molecule has 0 radical (unpaired) electrons. The third kappa shape index (κ3) is 4.15. The number of aryl methyl sites for hydroxylation is 4. The molecule has 30 heavy (non-hydrogen) atoms. The molecule has 0 fully saturated rings. The van der Waals surface area contributed by atoms with E-state index in [1.807, 2.05) is 25.1 Å². The zero-order chi connectivity index (χ0) is 22.0. The van der Waals surface area contributed by atoms with Gasteiger partial charge >= 0.3 is 0 Å². The van der Waals surface area contributed by atoms with Gasteiger partial charge in [-0.2, -0.15) is 0 Å². The number of pyridine rings is 1. The number of hydrogen-bond donors (Lipinski definition) is 2. The van der Waals surface area contributed by atoms with Gasteiger partial charge in [0.25, 0.3) is 5.56 Å². The van der Waals surface area contributed by atoms with E-state index in [9.17, 15) is 9.90 Å². The van der Waals surface area contributed by atoms with Crippen molar-refractivity contribution in [1.82, 2.24) is 4.57 Å². The van der Waals surface area contributed by atoms with Crippen LogP contribution in [0.4, 0.5) is 0 Å². The van der Waals surface area contributed by atoms with Gasteiger partial charge in [0, 0.05) is 35.0 Å². The van der Waals surface area contributed by atoms with Gasteiger partial charge in [-0.1, -0.05) is 29.8 Å². The monoisotopic (exact) mass is 404 g/mol. The van der Waals surface area contributed by atoms with Crippen molar-refractivity contribution in [1.29, 1.82) is 5.41 Å². The first kappa shape index (κ1) is 21.4. The minimum atomic E-state index is -0.0262. The SMILES string of the molecule is COc1cc2c(cc1/C(C(C)=N)=C(\C)O)cc(C)c(=O)n2CCc1ccc(C)cc1. The van der Waals surface area contributed by atoms with Crippen molar-refractivity contribution in [3.05, 3.63) is 80.8 Å². The summed E-state index contributed by atoms with van der Waals surface area (Å²) < 4.78 is 7.36. The fourth-order valence-electron chi connectivity index (χ4n) is 3.80. The van der Waals surface area contributed by atoms with Crippen LogP contribution in [0, 0.1) is 19.3 Å². The zero-order valence-corrected chi connectivity index (χ0v) is 18.2. The summed E-state index contributed by atoms with van der Waals surface area (Å²) in [6, 6.07) is 13.9. The lowest BCUT2D eigenvalue weighted by molar-refractivity contribution is 0.409. The molecule has 0 amide bonds. The van der Waals surface area contributed by atoms with Crippen molar-refractivity contribution in [3.63, 3.8) is 0 Å². The van der Waals surface area contributed by atoms with Crippen LogP contribution in [0.2, 0.25) is 0 Å². The summed E-state index contributed by atoms with van der Waals surface area (Å²) in [5.74, 6) is 0.578. The van der Waals surface area contributed by atoms with E-state index in [0.29, 0.717) is 29.0 Å². The first-order chi connectivity index (χ1) is 14.2. The fourth-order valence-corrected chi connectivity index (χ4v) is 3.80. The second-order valence-electron chi connectivity index (χ2n) is 7.72. The summed E-state index contributed by atoms with van der Waals surface area (Å²) in [7, 11) is 1.55. The normalized spacial score (nSPS) is 12.0. The van der Waals surface area contributed by atoms with Crippen LogP contribution in [0.5, 0.6) is 5.75 Å². The summed E-state index contributed by atoms with van der Waals surface area (Å²) in [5, 5.41) is 19.1. The summed E-state index contributed by atoms with van der Waals surface area (Å²) in [6.45, 7) is 7.61. The number of methoxy groups -OCH3 is 1. The van der Waals surface area contributed by atoms with Crippen molar-refractivity contribution in [2.75, 3.05) is 7.11 Å². The molecule has 3 rings (SSSR count). The van der Waals surface area contributed by atoms with Crippen LogP contribution in [0.25, 0.3) is 16.5 Å². The Labute approximate surface area is 176 Å². The molecule has 5 heteroatoms. The highest BCUT2D eigenvalue weighted by Gasteiger charge is 2.17. The van der Waals surface area contributed by atoms with Crippen molar-refractivity contribution in [2.45, 2.75) is 40.7 Å². The molecule has 0 saturated carbocycles. The summed E-state index contributed by atoms with van der Waals surface area (Å²) in [4.78, 5) is 12.9. The smallest absolute Gasteiger partial charge is 0.253 e. The Bertz CT molecular complexity index is 1200. The van der Waals surface area contributed by atoms with E-state index < -0.39 is 0 Å². The lowest BCUT2D eigenvalue weighted by Gasteiger charge is -2.17. The molecule has 1 heterocycles. The molecular formula is C25H28N2O3. The lowest BCUT2D eigenvalue weighted by atomic mass is 9.97. The fraction of sp³-hybridized carbons (Fsp3) is 0.280. The first-order valence-electron chi connectivity index (χ1n) is 9.96. The number of aromatic nitrogens is 1. The van der Waals surface area contributed by atoms with E-state index in [4.69, 9.17) is 10.1 Å². The zero-order valence-electron chi connectivity index (χ0n) is 18.2. The molecule has 1 aromatic heterocycles. The Kier molecular flexibility index (Phi) is 6.11. The second kappa shape index (κ2) is 8.57. The Balaban J connectivity index is 2.17. The number of rotatable bonds is 6. The third-order valence-corrected chi connectivity index (χ3v) is 5.34. The molecule has 0 unspecified atom stereocenters. The quantitative estimate of drug-likeness (QED) is 0.438. The van der Waals surface area contributed by atoms with Gasteiger partial charge < -0.3 is 19.8 Å². The Morgan fingerprint density at radius 3 is 2.33 bits per heavy atom. The van der Waals surface area contributed by atoms with Crippen LogP contribution >= 0.6 is 0 Å². The largest absolute Gasteiger partial charge is 0.512 e. The summed E-state index contributed by atoms with van der Waals surface area (Å²) in [5.41, 5.74) is 5.10. The molecular weight excluding hydrogens is 376 g/mol. The molecule has 2 N–H and O–H groups in total. The minimum Gasteiger partial charge on any atom is -0.512 e. The number of nitrogens with one attached hydrogen (secondary N) is 1. The molecule has 0 bridgehead atoms. The highest BCUT2D eigenvalue weighted by Crippen LogP contribution is 2.33. The van der Waals surface area contributed by atoms with E-state index in [2.05, 4.69) is 31.2 Å². The van der Waals surface area contributed by atoms with Gasteiger partial charge in [-0.15, -0.1) is 0 Å². The Morgan fingerprint density at radius 2 is 1.77 bits per heavy atom. The second-order valence-corrected chi connectivity index (χ2v) is 7.72. The lowest BCUT2D eigenvalue weighted by Crippen LogP contribution is -2.23. The predicted octanol–water partition coefficient (Wildman–Crippen LogP) is 5.20. The number of benzene rings is 2. The Hall–Kier alpha value is -3.34. The summed E-state index contributed by atoms with van der Waals surface area (Å²) >= 11 is 0. The minimum absolute atomic E-state index is 0.0262. The molecule has 0 aliphatic heterocycles. The van der Waals surface area contributed by atoms with Gasteiger partial charge in [0.2, 0.25) is 0 Å². The average Bonchev–Trinajstić information content (AvgIpc) is 2.69. The number of hydrogen-bond acceptors (Lipinski definition) is 4. The molecule has 3 aromatic rings. The van der Waals surface area contributed by atoms with Gasteiger partial charge in [0.1, 0.15) is 5.75 Å². The maximum Gasteiger partial charge on any atom is 0.253 e. The standard InChI is InChI=1S/C25H28N2O3/c1-15-6-8-19(9-7-15)10-11-27-22-14-23(30-5)21(24(17(3)26)18(4)28)13-20(22)12-16(2)25(27)29/h6-9,12-14,26,28H,10-11H2,1-5H3/b24-18+,26-17?. The first-order valence-corrected chi connectivity index (χ1v) is 9.96. The maximum atomic E-state index is 12.9. The van der Waals surface area contributed by atoms with Crippen molar-refractivity contribution < 1.29 is 9.84 Å². The molecule has 2 aromatic carbocycles. The van der Waals surface area contributed by atoms with Crippen LogP contribution in [0.1, 0.15) is 36.1 Å². The molecule has 0 atom stereocenters. The number of fused-ring (bicyclic) bond motifs is 1. The van der Waals surface area contributed by atoms with Crippen molar-refractivity contribution in [3.8, 4) is 5.75 Å². The van der Waals surface area contributed by atoms with Crippen LogP contribution < -0.4 is 10.3 Å². The predicted molar refractivity (Wildman–Crippen MR) is 123 cm³/mol. The highest BCUT2D eigenvalue weighted by molar-refractivity contribution is 6.22. The molecule has 0 aliphatic rings. The van der Waals surface area contributed by atoms with Gasteiger partial charge in [-0.05, 0) is 57.2 Å². The number of nitrogens with zero attached hydrogens (tertiary/aromatic N) is 1.